The molecule has 24 heavy (non-hydrogen) atoms. The number of hydrogen-bond donors (Lipinski definition) is 1. The van der Waals surface area contributed by atoms with Gasteiger partial charge < -0.3 is 10.6 Å². The van der Waals surface area contributed by atoms with Crippen molar-refractivity contribution in [1.82, 2.24) is 4.90 Å². The largest absolute Gasteiger partial charge is 0.369 e. The van der Waals surface area contributed by atoms with Crippen molar-refractivity contribution < 1.29 is 4.79 Å². The molecule has 0 heterocycles. The first-order valence-electron chi connectivity index (χ1n) is 8.74. The lowest BCUT2D eigenvalue weighted by atomic mass is 9.79. The number of rotatable bonds is 7. The molecule has 1 aliphatic rings. The van der Waals surface area contributed by atoms with Crippen LogP contribution in [0.2, 0.25) is 0 Å². The molecule has 3 rings (SSSR count). The number of nitrogens with zero attached hydrogens (tertiary/aromatic N) is 1. The van der Waals surface area contributed by atoms with Crippen LogP contribution in [0.25, 0.3) is 0 Å². The summed E-state index contributed by atoms with van der Waals surface area (Å²) in [5.74, 6) is -0.192. The quantitative estimate of drug-likeness (QED) is 0.851. The topological polar surface area (TPSA) is 46.3 Å². The van der Waals surface area contributed by atoms with Gasteiger partial charge in [-0.05, 0) is 30.6 Å². The molecule has 2 aromatic carbocycles. The average molecular weight is 322 g/mol. The second kappa shape index (κ2) is 6.40. The maximum atomic E-state index is 12.6. The molecule has 0 spiro atoms. The Kier molecular flexibility index (Phi) is 4.46. The second-order valence-electron chi connectivity index (χ2n) is 6.72. The van der Waals surface area contributed by atoms with Crippen molar-refractivity contribution in [3.8, 4) is 0 Å². The summed E-state index contributed by atoms with van der Waals surface area (Å²) in [4.78, 5) is 14.9. The van der Waals surface area contributed by atoms with Crippen molar-refractivity contribution in [1.29, 1.82) is 0 Å². The van der Waals surface area contributed by atoms with Crippen molar-refractivity contribution in [3.63, 3.8) is 0 Å². The third-order valence-corrected chi connectivity index (χ3v) is 5.65. The van der Waals surface area contributed by atoms with Gasteiger partial charge in [0.25, 0.3) is 0 Å². The van der Waals surface area contributed by atoms with Crippen LogP contribution in [0.4, 0.5) is 0 Å². The molecule has 1 unspecified atom stereocenters. The van der Waals surface area contributed by atoms with Gasteiger partial charge in [-0.25, -0.2) is 0 Å². The molecule has 2 aromatic rings. The lowest BCUT2D eigenvalue weighted by Crippen LogP contribution is -2.42. The molecule has 126 valence electrons. The molecule has 1 atom stereocenters. The van der Waals surface area contributed by atoms with Gasteiger partial charge in [0.05, 0.1) is 5.41 Å². The summed E-state index contributed by atoms with van der Waals surface area (Å²) in [6.45, 7) is 6.82. The van der Waals surface area contributed by atoms with E-state index in [1.165, 1.54) is 11.1 Å². The minimum Gasteiger partial charge on any atom is -0.369 e. The van der Waals surface area contributed by atoms with E-state index >= 15 is 0 Å². The van der Waals surface area contributed by atoms with E-state index < -0.39 is 5.41 Å². The zero-order valence-corrected chi connectivity index (χ0v) is 14.5. The van der Waals surface area contributed by atoms with Crippen LogP contribution in [-0.4, -0.2) is 30.4 Å². The summed E-state index contributed by atoms with van der Waals surface area (Å²) < 4.78 is 0. The molecular formula is C21H26N2O. The van der Waals surface area contributed by atoms with Crippen LogP contribution >= 0.6 is 0 Å². The molecule has 2 N–H and O–H groups in total. The predicted molar refractivity (Wildman–Crippen MR) is 97.7 cm³/mol. The van der Waals surface area contributed by atoms with E-state index in [4.69, 9.17) is 5.73 Å². The number of primary amides is 1. The third kappa shape index (κ3) is 2.44. The molecule has 0 bridgehead atoms. The molecule has 0 aliphatic heterocycles. The van der Waals surface area contributed by atoms with Gasteiger partial charge in [-0.1, -0.05) is 74.5 Å². The highest BCUT2D eigenvalue weighted by Gasteiger charge is 2.72. The molecule has 1 aliphatic carbocycles. The van der Waals surface area contributed by atoms with Crippen molar-refractivity contribution >= 4 is 5.91 Å². The van der Waals surface area contributed by atoms with Crippen LogP contribution in [0.5, 0.6) is 0 Å². The van der Waals surface area contributed by atoms with E-state index in [1.54, 1.807) is 0 Å². The van der Waals surface area contributed by atoms with E-state index in [2.05, 4.69) is 43.0 Å². The average Bonchev–Trinajstić information content (AvgIpc) is 3.33. The Hall–Kier alpha value is -2.13. The number of nitrogens with two attached hydrogens (primary N) is 1. The fourth-order valence-electron chi connectivity index (χ4n) is 4.17. The Morgan fingerprint density at radius 1 is 0.958 bits per heavy atom. The van der Waals surface area contributed by atoms with Gasteiger partial charge in [-0.3, -0.25) is 4.79 Å². The van der Waals surface area contributed by atoms with Crippen LogP contribution in [0.3, 0.4) is 0 Å². The molecule has 1 saturated carbocycles. The Bertz CT molecular complexity index is 655. The highest BCUT2D eigenvalue weighted by atomic mass is 16.1. The van der Waals surface area contributed by atoms with Crippen molar-refractivity contribution in [3.05, 3.63) is 71.8 Å². The van der Waals surface area contributed by atoms with Crippen molar-refractivity contribution in [2.75, 3.05) is 19.6 Å². The van der Waals surface area contributed by atoms with Gasteiger partial charge in [0.1, 0.15) is 0 Å². The molecule has 1 amide bonds. The van der Waals surface area contributed by atoms with E-state index in [0.717, 1.165) is 19.5 Å². The van der Waals surface area contributed by atoms with Gasteiger partial charge in [0, 0.05) is 12.0 Å². The highest BCUT2D eigenvalue weighted by molar-refractivity contribution is 5.89. The first-order valence-corrected chi connectivity index (χ1v) is 8.74. The minimum atomic E-state index is -0.540. The van der Waals surface area contributed by atoms with E-state index in [1.807, 2.05) is 36.4 Å². The normalized spacial score (nSPS) is 21.6. The number of carbonyl (C=O) groups is 1. The SMILES string of the molecule is CCN(CC)CC1(C(N)=O)CC1(c1ccccc1)c1ccccc1. The molecule has 0 saturated heterocycles. The summed E-state index contributed by atoms with van der Waals surface area (Å²) >= 11 is 0. The Morgan fingerprint density at radius 2 is 1.42 bits per heavy atom. The first-order chi connectivity index (χ1) is 11.6. The van der Waals surface area contributed by atoms with Crippen LogP contribution < -0.4 is 5.73 Å². The zero-order chi connectivity index (χ0) is 17.2. The third-order valence-electron chi connectivity index (χ3n) is 5.65. The fraction of sp³-hybridized carbons (Fsp3) is 0.381. The maximum absolute atomic E-state index is 12.6. The molecule has 1 fully saturated rings. The van der Waals surface area contributed by atoms with Gasteiger partial charge >= 0.3 is 0 Å². The van der Waals surface area contributed by atoms with Gasteiger partial charge in [0.2, 0.25) is 5.91 Å². The highest BCUT2D eigenvalue weighted by Crippen LogP contribution is 2.68. The molecule has 0 radical (unpaired) electrons. The lowest BCUT2D eigenvalue weighted by molar-refractivity contribution is -0.124. The van der Waals surface area contributed by atoms with Crippen LogP contribution in [0.1, 0.15) is 31.4 Å². The maximum Gasteiger partial charge on any atom is 0.226 e. The second-order valence-corrected chi connectivity index (χ2v) is 6.72. The standard InChI is InChI=1S/C21H26N2O/c1-3-23(4-2)16-20(19(22)24)15-21(20,17-11-7-5-8-12-17)18-13-9-6-10-14-18/h5-14H,3-4,15-16H2,1-2H3,(H2,22,24). The monoisotopic (exact) mass is 322 g/mol. The molecule has 0 aromatic heterocycles. The zero-order valence-electron chi connectivity index (χ0n) is 14.5. The fourth-order valence-corrected chi connectivity index (χ4v) is 4.17. The van der Waals surface area contributed by atoms with Gasteiger partial charge in [0.15, 0.2) is 0 Å². The lowest BCUT2D eigenvalue weighted by Gasteiger charge is -2.29. The summed E-state index contributed by atoms with van der Waals surface area (Å²) in [6, 6.07) is 20.7. The van der Waals surface area contributed by atoms with E-state index in [-0.39, 0.29) is 11.3 Å². The van der Waals surface area contributed by atoms with Crippen LogP contribution in [-0.2, 0) is 10.2 Å². The van der Waals surface area contributed by atoms with Crippen LogP contribution in [0.15, 0.2) is 60.7 Å². The Labute approximate surface area is 144 Å². The molecule has 3 heteroatoms. The first kappa shape index (κ1) is 16.7. The summed E-state index contributed by atoms with van der Waals surface area (Å²) in [7, 11) is 0. The van der Waals surface area contributed by atoms with Crippen molar-refractivity contribution in [2.24, 2.45) is 11.1 Å². The minimum absolute atomic E-state index is 0.192. The Morgan fingerprint density at radius 3 is 1.79 bits per heavy atom. The van der Waals surface area contributed by atoms with Crippen molar-refractivity contribution in [2.45, 2.75) is 25.7 Å². The summed E-state index contributed by atoms with van der Waals surface area (Å²) in [5.41, 5.74) is 7.48. The van der Waals surface area contributed by atoms with Crippen LogP contribution in [0, 0.1) is 5.41 Å². The van der Waals surface area contributed by atoms with Gasteiger partial charge in [-0.2, -0.15) is 0 Å². The smallest absolute Gasteiger partial charge is 0.226 e. The predicted octanol–water partition coefficient (Wildman–Crippen LogP) is 3.19. The number of hydrogen-bond acceptors (Lipinski definition) is 2. The van der Waals surface area contributed by atoms with E-state index in [9.17, 15) is 4.79 Å². The Balaban J connectivity index is 2.12. The summed E-state index contributed by atoms with van der Waals surface area (Å²) in [6.07, 6.45) is 0.778. The van der Waals surface area contributed by atoms with Gasteiger partial charge in [-0.15, -0.1) is 0 Å². The number of amides is 1. The summed E-state index contributed by atoms with van der Waals surface area (Å²) in [5, 5.41) is 0. The molecular weight excluding hydrogens is 296 g/mol. The number of carbonyl (C=O) groups excluding carboxylic acids is 1. The van der Waals surface area contributed by atoms with E-state index in [0.29, 0.717) is 6.54 Å². The number of benzene rings is 2. The molecule has 3 nitrogen and oxygen atoms in total.